The van der Waals surface area contributed by atoms with E-state index in [1.807, 2.05) is 0 Å². The number of rotatable bonds is 7. The lowest BCUT2D eigenvalue weighted by Crippen LogP contribution is -2.13. The van der Waals surface area contributed by atoms with Crippen LogP contribution in [0.2, 0.25) is 0 Å². The van der Waals surface area contributed by atoms with E-state index in [1.165, 1.54) is 0 Å². The minimum atomic E-state index is -0.713. The summed E-state index contributed by atoms with van der Waals surface area (Å²) in [5.41, 5.74) is 0. The summed E-state index contributed by atoms with van der Waals surface area (Å²) in [5, 5.41) is 0. The van der Waals surface area contributed by atoms with Gasteiger partial charge in [0.05, 0.1) is 6.10 Å². The zero-order chi connectivity index (χ0) is 12.6. The molecule has 0 heterocycles. The highest BCUT2D eigenvalue weighted by Gasteiger charge is 2.09. The number of esters is 2. The van der Waals surface area contributed by atoms with E-state index in [4.69, 9.17) is 32.7 Å². The Bertz CT molecular complexity index is 229. The topological polar surface area (TPSA) is 52.6 Å². The lowest BCUT2D eigenvalue weighted by atomic mass is 10.2. The minimum absolute atomic E-state index is 0.0294. The van der Waals surface area contributed by atoms with Gasteiger partial charge in [0.2, 0.25) is 0 Å². The van der Waals surface area contributed by atoms with Crippen molar-refractivity contribution in [2.24, 2.45) is 0 Å². The number of hydrogen-bond donors (Lipinski definition) is 0. The number of carbonyl (C=O) groups excluding carboxylic acids is 2. The predicted molar refractivity (Wildman–Crippen MR) is 61.5 cm³/mol. The van der Waals surface area contributed by atoms with E-state index in [-0.39, 0.29) is 31.5 Å². The second-order valence-electron chi connectivity index (χ2n) is 3.47. The molecule has 0 bridgehead atoms. The van der Waals surface area contributed by atoms with Gasteiger partial charge in [-0.1, -0.05) is 0 Å². The van der Waals surface area contributed by atoms with Crippen molar-refractivity contribution in [3.63, 3.8) is 0 Å². The van der Waals surface area contributed by atoms with Gasteiger partial charge in [-0.15, -0.1) is 23.2 Å². The summed E-state index contributed by atoms with van der Waals surface area (Å²) in [6.07, 6.45) is 0.638. The molecule has 0 aliphatic heterocycles. The van der Waals surface area contributed by atoms with Crippen LogP contribution in [0.4, 0.5) is 0 Å². The van der Waals surface area contributed by atoms with Crippen molar-refractivity contribution < 1.29 is 19.1 Å². The smallest absolute Gasteiger partial charge is 0.306 e. The van der Waals surface area contributed by atoms with Gasteiger partial charge in [-0.2, -0.15) is 0 Å². The highest BCUT2D eigenvalue weighted by Crippen LogP contribution is 2.05. The van der Waals surface area contributed by atoms with Crippen LogP contribution in [0.15, 0.2) is 0 Å². The van der Waals surface area contributed by atoms with Crippen LogP contribution in [0.3, 0.4) is 0 Å². The van der Waals surface area contributed by atoms with E-state index in [0.29, 0.717) is 6.42 Å². The molecule has 0 N–H and O–H groups in total. The van der Waals surface area contributed by atoms with Crippen LogP contribution < -0.4 is 0 Å². The molecule has 0 aromatic rings. The van der Waals surface area contributed by atoms with E-state index in [9.17, 15) is 9.59 Å². The Morgan fingerprint density at radius 1 is 1.12 bits per heavy atom. The van der Waals surface area contributed by atoms with Crippen LogP contribution in [0, 0.1) is 0 Å². The molecule has 0 radical (unpaired) electrons. The van der Waals surface area contributed by atoms with E-state index >= 15 is 0 Å². The molecule has 94 valence electrons. The Morgan fingerprint density at radius 3 is 2.19 bits per heavy atom. The van der Waals surface area contributed by atoms with Crippen LogP contribution in [-0.4, -0.2) is 29.5 Å². The van der Waals surface area contributed by atoms with Crippen LogP contribution in [-0.2, 0) is 19.1 Å². The molecule has 0 aliphatic rings. The first-order valence-corrected chi connectivity index (χ1v) is 5.92. The molecule has 0 saturated heterocycles. The van der Waals surface area contributed by atoms with Crippen molar-refractivity contribution in [1.29, 1.82) is 0 Å². The van der Waals surface area contributed by atoms with E-state index < -0.39 is 10.8 Å². The van der Waals surface area contributed by atoms with Crippen molar-refractivity contribution in [1.82, 2.24) is 0 Å². The van der Waals surface area contributed by atoms with E-state index in [1.54, 1.807) is 13.8 Å². The molecule has 4 nitrogen and oxygen atoms in total. The quantitative estimate of drug-likeness (QED) is 0.527. The first-order chi connectivity index (χ1) is 7.41. The Morgan fingerprint density at radius 2 is 1.69 bits per heavy atom. The highest BCUT2D eigenvalue weighted by molar-refractivity contribution is 6.44. The Hall–Kier alpha value is -0.480. The molecule has 0 atom stereocenters. The largest absolute Gasteiger partial charge is 0.463 e. The number of carbonyl (C=O) groups is 2. The molecule has 0 aromatic heterocycles. The molecule has 0 aromatic carbocycles. The molecule has 0 fully saturated rings. The average molecular weight is 271 g/mol. The van der Waals surface area contributed by atoms with Gasteiger partial charge >= 0.3 is 11.9 Å². The van der Waals surface area contributed by atoms with Gasteiger partial charge in [0.25, 0.3) is 0 Å². The summed E-state index contributed by atoms with van der Waals surface area (Å²) < 4.78 is 9.61. The van der Waals surface area contributed by atoms with Crippen LogP contribution in [0.5, 0.6) is 0 Å². The fourth-order valence-corrected chi connectivity index (χ4v) is 1.05. The molecular formula is C10H16Cl2O4. The Labute approximate surface area is 105 Å². The van der Waals surface area contributed by atoms with Crippen molar-refractivity contribution in [3.8, 4) is 0 Å². The summed E-state index contributed by atoms with van der Waals surface area (Å²) in [4.78, 5) is 21.4. The predicted octanol–water partition coefficient (Wildman–Crippen LogP) is 2.46. The fraction of sp³-hybridized carbons (Fsp3) is 0.800. The fourth-order valence-electron chi connectivity index (χ4n) is 0.927. The molecule has 16 heavy (non-hydrogen) atoms. The summed E-state index contributed by atoms with van der Waals surface area (Å²) in [5.74, 6) is -0.723. The maximum atomic E-state index is 11.1. The average Bonchev–Trinajstić information content (AvgIpc) is 2.13. The minimum Gasteiger partial charge on any atom is -0.463 e. The molecule has 0 aliphatic carbocycles. The van der Waals surface area contributed by atoms with E-state index in [0.717, 1.165) is 0 Å². The highest BCUT2D eigenvalue weighted by atomic mass is 35.5. The third-order valence-electron chi connectivity index (χ3n) is 1.50. The van der Waals surface area contributed by atoms with Gasteiger partial charge in [0.15, 0.2) is 0 Å². The molecule has 0 spiro atoms. The molecule has 0 amide bonds. The van der Waals surface area contributed by atoms with Crippen LogP contribution >= 0.6 is 23.2 Å². The first kappa shape index (κ1) is 15.5. The number of hydrogen-bond acceptors (Lipinski definition) is 4. The standard InChI is InChI=1S/C10H16Cl2O4/c1-7(2)16-10(14)5-3-4-9(13)15-6-8(11)12/h7-8H,3-6H2,1-2H3. The summed E-state index contributed by atoms with van der Waals surface area (Å²) >= 11 is 10.8. The molecule has 0 unspecified atom stereocenters. The maximum Gasteiger partial charge on any atom is 0.306 e. The van der Waals surface area contributed by atoms with Gasteiger partial charge in [0.1, 0.15) is 11.4 Å². The number of ether oxygens (including phenoxy) is 2. The monoisotopic (exact) mass is 270 g/mol. The lowest BCUT2D eigenvalue weighted by molar-refractivity contribution is -0.148. The third-order valence-corrected chi connectivity index (χ3v) is 1.75. The zero-order valence-corrected chi connectivity index (χ0v) is 10.9. The van der Waals surface area contributed by atoms with Gasteiger partial charge in [-0.3, -0.25) is 9.59 Å². The lowest BCUT2D eigenvalue weighted by Gasteiger charge is -2.07. The molecule has 0 rings (SSSR count). The SMILES string of the molecule is CC(C)OC(=O)CCCC(=O)OCC(Cl)Cl. The van der Waals surface area contributed by atoms with Gasteiger partial charge in [0, 0.05) is 12.8 Å². The van der Waals surface area contributed by atoms with Crippen molar-refractivity contribution >= 4 is 35.1 Å². The summed E-state index contributed by atoms with van der Waals surface area (Å²) in [7, 11) is 0. The summed E-state index contributed by atoms with van der Waals surface area (Å²) in [6, 6.07) is 0. The molecule has 6 heteroatoms. The molecular weight excluding hydrogens is 255 g/mol. The third kappa shape index (κ3) is 10.1. The second kappa shape index (κ2) is 8.65. The second-order valence-corrected chi connectivity index (χ2v) is 4.74. The normalized spacial score (nSPS) is 10.6. The van der Waals surface area contributed by atoms with Gasteiger partial charge in [-0.25, -0.2) is 0 Å². The van der Waals surface area contributed by atoms with Gasteiger partial charge < -0.3 is 9.47 Å². The number of alkyl halides is 2. The van der Waals surface area contributed by atoms with Crippen molar-refractivity contribution in [2.45, 2.75) is 44.1 Å². The Balaban J connectivity index is 3.50. The van der Waals surface area contributed by atoms with Crippen molar-refractivity contribution in [3.05, 3.63) is 0 Å². The number of halogens is 2. The van der Waals surface area contributed by atoms with Crippen molar-refractivity contribution in [2.75, 3.05) is 6.61 Å². The maximum absolute atomic E-state index is 11.1. The zero-order valence-electron chi connectivity index (χ0n) is 9.37. The molecule has 0 saturated carbocycles. The van der Waals surface area contributed by atoms with Gasteiger partial charge in [-0.05, 0) is 20.3 Å². The van der Waals surface area contributed by atoms with E-state index in [2.05, 4.69) is 0 Å². The van der Waals surface area contributed by atoms with Crippen LogP contribution in [0.25, 0.3) is 0 Å². The van der Waals surface area contributed by atoms with Crippen LogP contribution in [0.1, 0.15) is 33.1 Å². The Kier molecular flexibility index (Phi) is 8.39. The first-order valence-electron chi connectivity index (χ1n) is 5.05. The summed E-state index contributed by atoms with van der Waals surface area (Å²) in [6.45, 7) is 3.51.